The molecule has 0 saturated heterocycles. The highest BCUT2D eigenvalue weighted by Gasteiger charge is 2.21. The smallest absolute Gasteiger partial charge is 0.284 e. The molecule has 1 saturated carbocycles. The summed E-state index contributed by atoms with van der Waals surface area (Å²) < 4.78 is 0.749. The number of hydrogen-bond donors (Lipinski definition) is 1. The molecule has 0 aliphatic heterocycles. The van der Waals surface area contributed by atoms with E-state index in [0.717, 1.165) is 22.9 Å². The molecular formula is C17H19N3O3S2. The second-order valence-corrected chi connectivity index (χ2v) is 8.30. The zero-order chi connectivity index (χ0) is 17.8. The minimum absolute atomic E-state index is 0.0635. The average molecular weight is 377 g/mol. The van der Waals surface area contributed by atoms with Crippen LogP contribution in [0.4, 0.5) is 5.69 Å². The molecule has 0 spiro atoms. The summed E-state index contributed by atoms with van der Waals surface area (Å²) in [4.78, 5) is 28.1. The Morgan fingerprint density at radius 1 is 1.44 bits per heavy atom. The molecule has 1 heterocycles. The molecule has 8 heteroatoms. The molecule has 0 atom stereocenters. The van der Waals surface area contributed by atoms with Gasteiger partial charge in [-0.25, -0.2) is 4.98 Å². The van der Waals surface area contributed by atoms with Crippen molar-refractivity contribution in [1.29, 1.82) is 0 Å². The number of aryl methyl sites for hydroxylation is 1. The topological polar surface area (TPSA) is 85.1 Å². The summed E-state index contributed by atoms with van der Waals surface area (Å²) in [7, 11) is 0. The Hall–Kier alpha value is -1.93. The van der Waals surface area contributed by atoms with Crippen LogP contribution in [0.5, 0.6) is 0 Å². The van der Waals surface area contributed by atoms with Crippen LogP contribution in [0.2, 0.25) is 0 Å². The van der Waals surface area contributed by atoms with Gasteiger partial charge >= 0.3 is 0 Å². The van der Waals surface area contributed by atoms with Gasteiger partial charge < -0.3 is 5.32 Å². The lowest BCUT2D eigenvalue weighted by molar-refractivity contribution is -0.387. The van der Waals surface area contributed by atoms with Crippen LogP contribution in [-0.2, 0) is 0 Å². The van der Waals surface area contributed by atoms with E-state index in [-0.39, 0.29) is 11.6 Å². The Morgan fingerprint density at radius 2 is 2.20 bits per heavy atom. The van der Waals surface area contributed by atoms with Gasteiger partial charge in [0.2, 0.25) is 0 Å². The fourth-order valence-electron chi connectivity index (χ4n) is 2.91. The maximum atomic E-state index is 12.3. The van der Waals surface area contributed by atoms with Crippen molar-refractivity contribution in [2.75, 3.05) is 6.54 Å². The second-order valence-electron chi connectivity index (χ2n) is 6.16. The van der Waals surface area contributed by atoms with Crippen molar-refractivity contribution >= 4 is 34.7 Å². The predicted molar refractivity (Wildman–Crippen MR) is 98.4 cm³/mol. The van der Waals surface area contributed by atoms with E-state index in [0.29, 0.717) is 22.9 Å². The number of nitro benzene ring substituents is 1. The monoisotopic (exact) mass is 377 g/mol. The van der Waals surface area contributed by atoms with Crippen LogP contribution in [0.15, 0.2) is 32.8 Å². The molecule has 1 N–H and O–H groups in total. The molecule has 0 bridgehead atoms. The third kappa shape index (κ3) is 4.58. The third-order valence-corrected chi connectivity index (χ3v) is 6.36. The van der Waals surface area contributed by atoms with Crippen LogP contribution in [0, 0.1) is 23.0 Å². The van der Waals surface area contributed by atoms with Gasteiger partial charge in [0, 0.05) is 29.2 Å². The van der Waals surface area contributed by atoms with E-state index in [1.54, 1.807) is 12.1 Å². The summed E-state index contributed by atoms with van der Waals surface area (Å²) in [5.41, 5.74) is 1.15. The van der Waals surface area contributed by atoms with Crippen molar-refractivity contribution in [3.63, 3.8) is 0 Å². The summed E-state index contributed by atoms with van der Waals surface area (Å²) in [5.74, 6) is 0.276. The van der Waals surface area contributed by atoms with E-state index in [2.05, 4.69) is 10.3 Å². The lowest BCUT2D eigenvalue weighted by atomic mass is 10.1. The quantitative estimate of drug-likeness (QED) is 0.594. The van der Waals surface area contributed by atoms with Crippen molar-refractivity contribution in [2.24, 2.45) is 5.92 Å². The first-order valence-corrected chi connectivity index (χ1v) is 9.89. The number of carbonyl (C=O) groups is 1. The van der Waals surface area contributed by atoms with E-state index in [9.17, 15) is 14.9 Å². The molecule has 25 heavy (non-hydrogen) atoms. The van der Waals surface area contributed by atoms with Gasteiger partial charge in [0.1, 0.15) is 0 Å². The van der Waals surface area contributed by atoms with E-state index >= 15 is 0 Å². The zero-order valence-corrected chi connectivity index (χ0v) is 15.5. The van der Waals surface area contributed by atoms with Crippen LogP contribution in [-0.4, -0.2) is 22.4 Å². The van der Waals surface area contributed by atoms with Crippen LogP contribution < -0.4 is 5.32 Å². The first-order chi connectivity index (χ1) is 12.0. The standard InChI is InChI=1S/C17H19N3O3S2/c1-11-10-24-17(19-11)25-15-7-6-13(8-14(15)20(22)23)16(21)18-9-12-4-2-3-5-12/h6-8,10,12H,2-5,9H2,1H3,(H,18,21). The van der Waals surface area contributed by atoms with Crippen molar-refractivity contribution in [2.45, 2.75) is 41.8 Å². The van der Waals surface area contributed by atoms with Crippen molar-refractivity contribution in [1.82, 2.24) is 10.3 Å². The highest BCUT2D eigenvalue weighted by Crippen LogP contribution is 2.36. The molecule has 1 aliphatic rings. The maximum absolute atomic E-state index is 12.3. The number of amides is 1. The summed E-state index contributed by atoms with van der Waals surface area (Å²) in [6, 6.07) is 4.62. The number of nitro groups is 1. The summed E-state index contributed by atoms with van der Waals surface area (Å²) >= 11 is 2.70. The Kier molecular flexibility index (Phi) is 5.70. The van der Waals surface area contributed by atoms with Gasteiger partial charge in [-0.3, -0.25) is 14.9 Å². The van der Waals surface area contributed by atoms with E-state index in [1.165, 1.54) is 42.0 Å². The first-order valence-electron chi connectivity index (χ1n) is 8.19. The van der Waals surface area contributed by atoms with Gasteiger partial charge in [0.25, 0.3) is 11.6 Å². The molecule has 1 aromatic heterocycles. The van der Waals surface area contributed by atoms with Crippen LogP contribution in [0.3, 0.4) is 0 Å². The number of rotatable bonds is 6. The second kappa shape index (κ2) is 7.97. The van der Waals surface area contributed by atoms with Gasteiger partial charge in [-0.1, -0.05) is 24.6 Å². The third-order valence-electron chi connectivity index (χ3n) is 4.24. The van der Waals surface area contributed by atoms with Crippen LogP contribution in [0.1, 0.15) is 41.7 Å². The number of benzene rings is 1. The molecule has 0 radical (unpaired) electrons. The summed E-state index contributed by atoms with van der Waals surface area (Å²) in [5, 5.41) is 16.2. The number of hydrogen-bond acceptors (Lipinski definition) is 6. The van der Waals surface area contributed by atoms with Crippen LogP contribution >= 0.6 is 23.1 Å². The number of aromatic nitrogens is 1. The molecule has 3 rings (SSSR count). The van der Waals surface area contributed by atoms with Gasteiger partial charge in [-0.05, 0) is 37.8 Å². The molecule has 132 valence electrons. The summed E-state index contributed by atoms with van der Waals surface area (Å²) in [6.45, 7) is 2.52. The number of carbonyl (C=O) groups excluding carboxylic acids is 1. The van der Waals surface area contributed by atoms with Crippen molar-refractivity contribution < 1.29 is 9.72 Å². The normalized spacial score (nSPS) is 14.6. The largest absolute Gasteiger partial charge is 0.352 e. The molecule has 0 unspecified atom stereocenters. The molecule has 6 nitrogen and oxygen atoms in total. The van der Waals surface area contributed by atoms with Gasteiger partial charge in [0.05, 0.1) is 9.82 Å². The molecule has 1 aliphatic carbocycles. The Morgan fingerprint density at radius 3 is 2.84 bits per heavy atom. The summed E-state index contributed by atoms with van der Waals surface area (Å²) in [6.07, 6.45) is 4.72. The minimum atomic E-state index is -0.448. The minimum Gasteiger partial charge on any atom is -0.352 e. The zero-order valence-electron chi connectivity index (χ0n) is 13.9. The Labute approximate surface area is 154 Å². The van der Waals surface area contributed by atoms with Crippen molar-refractivity contribution in [3.05, 3.63) is 45.0 Å². The Bertz CT molecular complexity index is 785. The number of nitrogens with one attached hydrogen (secondary N) is 1. The molecule has 1 aromatic carbocycles. The maximum Gasteiger partial charge on any atom is 0.284 e. The first kappa shape index (κ1) is 17.9. The van der Waals surface area contributed by atoms with Gasteiger partial charge in [-0.15, -0.1) is 11.3 Å². The molecular weight excluding hydrogens is 358 g/mol. The lowest BCUT2D eigenvalue weighted by Crippen LogP contribution is -2.28. The highest BCUT2D eigenvalue weighted by molar-refractivity contribution is 8.01. The number of nitrogens with zero attached hydrogens (tertiary/aromatic N) is 2. The van der Waals surface area contributed by atoms with E-state index in [4.69, 9.17) is 0 Å². The molecule has 1 amide bonds. The fourth-order valence-corrected chi connectivity index (χ4v) is 4.79. The average Bonchev–Trinajstić information content (AvgIpc) is 3.24. The fraction of sp³-hybridized carbons (Fsp3) is 0.412. The molecule has 2 aromatic rings. The SMILES string of the molecule is Cc1csc(Sc2ccc(C(=O)NCC3CCCC3)cc2[N+](=O)[O-])n1. The van der Waals surface area contributed by atoms with Crippen molar-refractivity contribution in [3.8, 4) is 0 Å². The highest BCUT2D eigenvalue weighted by atomic mass is 32.2. The van der Waals surface area contributed by atoms with E-state index in [1.807, 2.05) is 12.3 Å². The lowest BCUT2D eigenvalue weighted by Gasteiger charge is -2.11. The molecule has 1 fully saturated rings. The Balaban J connectivity index is 1.73. The van der Waals surface area contributed by atoms with Gasteiger partial charge in [0.15, 0.2) is 4.34 Å². The number of thiazole rings is 1. The predicted octanol–water partition coefficient (Wildman–Crippen LogP) is 4.43. The van der Waals surface area contributed by atoms with E-state index < -0.39 is 4.92 Å². The van der Waals surface area contributed by atoms with Crippen LogP contribution in [0.25, 0.3) is 0 Å². The van der Waals surface area contributed by atoms with Gasteiger partial charge in [-0.2, -0.15) is 0 Å².